The number of hydrogen-bond donors (Lipinski definition) is 0. The van der Waals surface area contributed by atoms with Gasteiger partial charge in [-0.1, -0.05) is 93.5 Å². The molecule has 0 bridgehead atoms. The summed E-state index contributed by atoms with van der Waals surface area (Å²) in [6, 6.07) is 15.6. The highest BCUT2D eigenvalue weighted by atomic mass is 16.3. The first-order chi connectivity index (χ1) is 19.0. The van der Waals surface area contributed by atoms with Gasteiger partial charge in [0.15, 0.2) is 5.58 Å². The SMILES string of the molecule is Cc1c2c(c3oc4c(-c5cc(C(C)(C)C)c6ccccc6c5)nccc4c3c1CC(C)(C)C)C(C)(C)CCC2(C)C. The summed E-state index contributed by atoms with van der Waals surface area (Å²) in [6.07, 6.45) is 5.34. The molecule has 41 heavy (non-hydrogen) atoms. The number of fused-ring (bicyclic) bond motifs is 6. The normalized spacial score (nSPS) is 17.0. The number of aromatic nitrogens is 1. The summed E-state index contributed by atoms with van der Waals surface area (Å²) < 4.78 is 7.15. The topological polar surface area (TPSA) is 26.0 Å². The van der Waals surface area contributed by atoms with Crippen LogP contribution in [-0.2, 0) is 22.7 Å². The maximum absolute atomic E-state index is 7.15. The van der Waals surface area contributed by atoms with E-state index in [4.69, 9.17) is 9.40 Å². The van der Waals surface area contributed by atoms with Gasteiger partial charge in [0.25, 0.3) is 0 Å². The molecule has 0 spiro atoms. The highest BCUT2D eigenvalue weighted by Gasteiger charge is 2.42. The van der Waals surface area contributed by atoms with Crippen LogP contribution in [0.3, 0.4) is 0 Å². The summed E-state index contributed by atoms with van der Waals surface area (Å²) in [4.78, 5) is 5.01. The van der Waals surface area contributed by atoms with Gasteiger partial charge in [0.1, 0.15) is 11.3 Å². The van der Waals surface area contributed by atoms with Crippen LogP contribution in [0, 0.1) is 12.3 Å². The van der Waals surface area contributed by atoms with Crippen LogP contribution in [0.5, 0.6) is 0 Å². The Morgan fingerprint density at radius 2 is 1.46 bits per heavy atom. The third-order valence-electron chi connectivity index (χ3n) is 9.59. The second kappa shape index (κ2) is 8.93. The Labute approximate surface area is 246 Å². The summed E-state index contributed by atoms with van der Waals surface area (Å²) in [5.41, 5.74) is 11.5. The van der Waals surface area contributed by atoms with Crippen LogP contribution in [0.4, 0.5) is 0 Å². The van der Waals surface area contributed by atoms with E-state index >= 15 is 0 Å². The molecule has 0 saturated carbocycles. The van der Waals surface area contributed by atoms with Crippen molar-refractivity contribution < 1.29 is 4.42 Å². The lowest BCUT2D eigenvalue weighted by Crippen LogP contribution is -2.35. The lowest BCUT2D eigenvalue weighted by Gasteiger charge is -2.43. The van der Waals surface area contributed by atoms with Crippen LogP contribution in [0.15, 0.2) is 53.1 Å². The molecule has 0 amide bonds. The molecular formula is C39H47NO. The van der Waals surface area contributed by atoms with Crippen molar-refractivity contribution >= 4 is 32.7 Å². The second-order valence-electron chi connectivity index (χ2n) is 16.2. The van der Waals surface area contributed by atoms with Crippen molar-refractivity contribution in [2.75, 3.05) is 0 Å². The molecule has 3 aromatic carbocycles. The van der Waals surface area contributed by atoms with Gasteiger partial charge < -0.3 is 4.42 Å². The molecule has 2 nitrogen and oxygen atoms in total. The van der Waals surface area contributed by atoms with Gasteiger partial charge in [0.05, 0.1) is 0 Å². The minimum atomic E-state index is 0.00303. The average molecular weight is 546 g/mol. The summed E-state index contributed by atoms with van der Waals surface area (Å²) in [7, 11) is 0. The zero-order chi connectivity index (χ0) is 29.7. The van der Waals surface area contributed by atoms with Crippen LogP contribution in [0.25, 0.3) is 44.0 Å². The van der Waals surface area contributed by atoms with Gasteiger partial charge >= 0.3 is 0 Å². The van der Waals surface area contributed by atoms with Gasteiger partial charge in [-0.05, 0) is 99.1 Å². The molecule has 0 aliphatic heterocycles. The monoisotopic (exact) mass is 545 g/mol. The first-order valence-electron chi connectivity index (χ1n) is 15.4. The van der Waals surface area contributed by atoms with E-state index in [1.807, 2.05) is 6.20 Å². The van der Waals surface area contributed by atoms with E-state index in [2.05, 4.69) is 119 Å². The van der Waals surface area contributed by atoms with Crippen LogP contribution in [0.2, 0.25) is 0 Å². The molecule has 0 N–H and O–H groups in total. The van der Waals surface area contributed by atoms with Crippen LogP contribution in [0.1, 0.15) is 110 Å². The highest BCUT2D eigenvalue weighted by Crippen LogP contribution is 2.53. The Bertz CT molecular complexity index is 1830. The second-order valence-corrected chi connectivity index (χ2v) is 16.2. The van der Waals surface area contributed by atoms with Gasteiger partial charge in [-0.3, -0.25) is 4.98 Å². The minimum absolute atomic E-state index is 0.00303. The molecule has 6 rings (SSSR count). The smallest absolute Gasteiger partial charge is 0.161 e. The average Bonchev–Trinajstić information content (AvgIpc) is 3.25. The maximum Gasteiger partial charge on any atom is 0.161 e. The predicted molar refractivity (Wildman–Crippen MR) is 176 cm³/mol. The van der Waals surface area contributed by atoms with E-state index in [9.17, 15) is 0 Å². The van der Waals surface area contributed by atoms with Crippen molar-refractivity contribution in [3.63, 3.8) is 0 Å². The van der Waals surface area contributed by atoms with Crippen LogP contribution in [-0.4, -0.2) is 4.98 Å². The molecule has 1 aliphatic carbocycles. The molecule has 0 fully saturated rings. The molecule has 2 aromatic heterocycles. The lowest BCUT2D eigenvalue weighted by molar-refractivity contribution is 0.329. The van der Waals surface area contributed by atoms with Crippen molar-refractivity contribution in [3.05, 3.63) is 76.5 Å². The van der Waals surface area contributed by atoms with Gasteiger partial charge in [-0.15, -0.1) is 0 Å². The maximum atomic E-state index is 7.15. The lowest BCUT2D eigenvalue weighted by atomic mass is 9.60. The number of furan rings is 1. The van der Waals surface area contributed by atoms with Crippen molar-refractivity contribution in [3.8, 4) is 11.3 Å². The molecule has 0 radical (unpaired) electrons. The van der Waals surface area contributed by atoms with E-state index in [-0.39, 0.29) is 21.7 Å². The van der Waals surface area contributed by atoms with Crippen molar-refractivity contribution in [1.29, 1.82) is 0 Å². The third-order valence-corrected chi connectivity index (χ3v) is 9.59. The fraction of sp³-hybridized carbons (Fsp3) is 0.462. The summed E-state index contributed by atoms with van der Waals surface area (Å²) in [5, 5.41) is 5.05. The molecule has 2 heteroatoms. The number of rotatable bonds is 2. The fourth-order valence-electron chi connectivity index (χ4n) is 7.53. The quantitative estimate of drug-likeness (QED) is 0.220. The number of pyridine rings is 1. The molecular weight excluding hydrogens is 498 g/mol. The van der Waals surface area contributed by atoms with Gasteiger partial charge in [0, 0.05) is 28.1 Å². The zero-order valence-electron chi connectivity index (χ0n) is 27.1. The summed E-state index contributed by atoms with van der Waals surface area (Å²) in [6.45, 7) is 26.0. The number of nitrogens with zero attached hydrogens (tertiary/aromatic N) is 1. The third kappa shape index (κ3) is 4.49. The molecule has 0 unspecified atom stereocenters. The van der Waals surface area contributed by atoms with Crippen molar-refractivity contribution in [1.82, 2.24) is 4.98 Å². The number of hydrogen-bond acceptors (Lipinski definition) is 2. The van der Waals surface area contributed by atoms with Crippen LogP contribution >= 0.6 is 0 Å². The molecule has 0 saturated heterocycles. The Morgan fingerprint density at radius 1 is 0.805 bits per heavy atom. The number of benzene rings is 3. The summed E-state index contributed by atoms with van der Waals surface area (Å²) >= 11 is 0. The Kier molecular flexibility index (Phi) is 6.10. The van der Waals surface area contributed by atoms with Crippen molar-refractivity contribution in [2.24, 2.45) is 5.41 Å². The molecule has 2 heterocycles. The Hall–Kier alpha value is -3.13. The molecule has 1 aliphatic rings. The van der Waals surface area contributed by atoms with Gasteiger partial charge in [-0.25, -0.2) is 0 Å². The Balaban J connectivity index is 1.76. The van der Waals surface area contributed by atoms with E-state index in [0.29, 0.717) is 0 Å². The van der Waals surface area contributed by atoms with E-state index < -0.39 is 0 Å². The highest BCUT2D eigenvalue weighted by molar-refractivity contribution is 6.12. The predicted octanol–water partition coefficient (Wildman–Crippen LogP) is 11.3. The first-order valence-corrected chi connectivity index (χ1v) is 15.4. The largest absolute Gasteiger partial charge is 0.453 e. The van der Waals surface area contributed by atoms with E-state index in [1.165, 1.54) is 55.8 Å². The Morgan fingerprint density at radius 3 is 2.12 bits per heavy atom. The standard InChI is InChI=1S/C39H47NO/c1-23-28(22-36(2,3)4)30-27-16-19-40-33(25-20-24-14-12-13-15-26(24)29(21-25)37(5,6)7)34(27)41-35(30)32-31(23)38(8,9)17-18-39(32,10)11/h12-16,19-21H,17-18,22H2,1-11H3. The first kappa shape index (κ1) is 28.0. The molecule has 214 valence electrons. The summed E-state index contributed by atoms with van der Waals surface area (Å²) in [5.74, 6) is 0. The van der Waals surface area contributed by atoms with Gasteiger partial charge in [-0.2, -0.15) is 0 Å². The molecule has 0 atom stereocenters. The minimum Gasteiger partial charge on any atom is -0.453 e. The van der Waals surface area contributed by atoms with Crippen molar-refractivity contribution in [2.45, 2.75) is 112 Å². The van der Waals surface area contributed by atoms with Crippen LogP contribution < -0.4 is 0 Å². The molecule has 5 aromatic rings. The van der Waals surface area contributed by atoms with E-state index in [1.54, 1.807) is 0 Å². The van der Waals surface area contributed by atoms with E-state index in [0.717, 1.165) is 35.3 Å². The fourth-order valence-corrected chi connectivity index (χ4v) is 7.53. The zero-order valence-corrected chi connectivity index (χ0v) is 27.1. The van der Waals surface area contributed by atoms with Gasteiger partial charge in [0.2, 0.25) is 0 Å².